The van der Waals surface area contributed by atoms with Crippen LogP contribution >= 0.6 is 11.8 Å². The molecule has 0 saturated carbocycles. The van der Waals surface area contributed by atoms with Crippen molar-refractivity contribution < 1.29 is 9.63 Å². The van der Waals surface area contributed by atoms with Crippen molar-refractivity contribution >= 4 is 11.8 Å². The Kier molecular flexibility index (Phi) is 4.41. The average Bonchev–Trinajstić information content (AvgIpc) is 2.54. The Morgan fingerprint density at radius 3 is 2.79 bits per heavy atom. The largest absolute Gasteiger partial charge is 0.393 e. The average molecular weight is 216 g/mol. The molecule has 1 rings (SSSR count). The van der Waals surface area contributed by atoms with Crippen LogP contribution < -0.4 is 0 Å². The van der Waals surface area contributed by atoms with Crippen molar-refractivity contribution in [3.8, 4) is 0 Å². The van der Waals surface area contributed by atoms with Gasteiger partial charge < -0.3 is 9.63 Å². The van der Waals surface area contributed by atoms with Gasteiger partial charge in [0.05, 0.1) is 17.8 Å². The highest BCUT2D eigenvalue weighted by molar-refractivity contribution is 7.97. The molecule has 4 nitrogen and oxygen atoms in total. The van der Waals surface area contributed by atoms with Crippen LogP contribution in [-0.4, -0.2) is 27.6 Å². The third kappa shape index (κ3) is 2.72. The number of aromatic nitrogens is 2. The molecule has 2 unspecified atom stereocenters. The number of hydrogen-bond donors (Lipinski definition) is 1. The highest BCUT2D eigenvalue weighted by Gasteiger charge is 2.21. The number of aliphatic hydroxyl groups excluding tert-OH is 1. The van der Waals surface area contributed by atoms with Crippen molar-refractivity contribution in [1.29, 1.82) is 0 Å². The van der Waals surface area contributed by atoms with E-state index in [0.717, 1.165) is 12.2 Å². The standard InChI is InChI=1S/C9H16N2O2S/c1-4-7(6(2)12)9-10-8(5-14-3)11-13-9/h6-7,12H,4-5H2,1-3H3. The van der Waals surface area contributed by atoms with E-state index in [4.69, 9.17) is 4.52 Å². The summed E-state index contributed by atoms with van der Waals surface area (Å²) in [6.07, 6.45) is 2.35. The molecule has 5 heteroatoms. The summed E-state index contributed by atoms with van der Waals surface area (Å²) in [5, 5.41) is 13.3. The van der Waals surface area contributed by atoms with Crippen molar-refractivity contribution in [3.63, 3.8) is 0 Å². The molecule has 1 N–H and O–H groups in total. The van der Waals surface area contributed by atoms with Gasteiger partial charge in [-0.25, -0.2) is 0 Å². The van der Waals surface area contributed by atoms with Gasteiger partial charge in [0.25, 0.3) is 0 Å². The lowest BCUT2D eigenvalue weighted by Gasteiger charge is -2.12. The van der Waals surface area contributed by atoms with Crippen molar-refractivity contribution in [2.75, 3.05) is 6.26 Å². The lowest BCUT2D eigenvalue weighted by molar-refractivity contribution is 0.141. The molecule has 0 radical (unpaired) electrons. The first kappa shape index (κ1) is 11.5. The minimum absolute atomic E-state index is 0.0434. The first-order valence-corrected chi connectivity index (χ1v) is 6.07. The zero-order valence-corrected chi connectivity index (χ0v) is 9.54. The molecule has 0 bridgehead atoms. The van der Waals surface area contributed by atoms with Crippen LogP contribution in [0.2, 0.25) is 0 Å². The number of nitrogens with zero attached hydrogens (tertiary/aromatic N) is 2. The number of rotatable bonds is 5. The maximum Gasteiger partial charge on any atom is 0.232 e. The van der Waals surface area contributed by atoms with Crippen LogP contribution in [-0.2, 0) is 5.75 Å². The van der Waals surface area contributed by atoms with Crippen molar-refractivity contribution in [2.24, 2.45) is 0 Å². The van der Waals surface area contributed by atoms with E-state index in [9.17, 15) is 5.11 Å². The molecule has 0 aliphatic carbocycles. The van der Waals surface area contributed by atoms with Crippen LogP contribution in [0.4, 0.5) is 0 Å². The van der Waals surface area contributed by atoms with Crippen LogP contribution in [0.15, 0.2) is 4.52 Å². The molecular weight excluding hydrogens is 200 g/mol. The Balaban J connectivity index is 2.73. The minimum Gasteiger partial charge on any atom is -0.393 e. The molecule has 1 aromatic heterocycles. The van der Waals surface area contributed by atoms with Gasteiger partial charge in [-0.3, -0.25) is 0 Å². The topological polar surface area (TPSA) is 59.2 Å². The Labute approximate surface area is 88.1 Å². The third-order valence-corrected chi connectivity index (χ3v) is 2.64. The van der Waals surface area contributed by atoms with Crippen LogP contribution in [0.25, 0.3) is 0 Å². The maximum atomic E-state index is 9.47. The molecule has 80 valence electrons. The quantitative estimate of drug-likeness (QED) is 0.813. The normalized spacial score (nSPS) is 15.4. The molecule has 0 aromatic carbocycles. The molecular formula is C9H16N2O2S. The van der Waals surface area contributed by atoms with Crippen LogP contribution in [0.1, 0.15) is 37.9 Å². The van der Waals surface area contributed by atoms with Gasteiger partial charge in [0.15, 0.2) is 5.82 Å². The molecule has 1 aromatic rings. The summed E-state index contributed by atoms with van der Waals surface area (Å²) in [6.45, 7) is 3.74. The van der Waals surface area contributed by atoms with Crippen molar-refractivity contribution in [3.05, 3.63) is 11.7 Å². The summed E-state index contributed by atoms with van der Waals surface area (Å²) < 4.78 is 5.10. The van der Waals surface area contributed by atoms with Crippen molar-refractivity contribution in [1.82, 2.24) is 10.1 Å². The lowest BCUT2D eigenvalue weighted by atomic mass is 10.0. The van der Waals surface area contributed by atoms with Crippen molar-refractivity contribution in [2.45, 2.75) is 38.0 Å². The zero-order chi connectivity index (χ0) is 10.6. The smallest absolute Gasteiger partial charge is 0.232 e. The maximum absolute atomic E-state index is 9.47. The van der Waals surface area contributed by atoms with E-state index in [1.165, 1.54) is 0 Å². The summed E-state index contributed by atoms with van der Waals surface area (Å²) in [7, 11) is 0. The van der Waals surface area contributed by atoms with Gasteiger partial charge in [-0.15, -0.1) is 0 Å². The summed E-state index contributed by atoms with van der Waals surface area (Å²) in [4.78, 5) is 4.23. The summed E-state index contributed by atoms with van der Waals surface area (Å²) in [6, 6.07) is 0. The zero-order valence-electron chi connectivity index (χ0n) is 8.73. The van der Waals surface area contributed by atoms with Gasteiger partial charge in [-0.05, 0) is 19.6 Å². The minimum atomic E-state index is -0.442. The van der Waals surface area contributed by atoms with Gasteiger partial charge in [-0.1, -0.05) is 12.1 Å². The predicted molar refractivity (Wildman–Crippen MR) is 56.2 cm³/mol. The Bertz CT molecular complexity index is 276. The second-order valence-electron chi connectivity index (χ2n) is 3.24. The Morgan fingerprint density at radius 1 is 1.57 bits per heavy atom. The van der Waals surface area contributed by atoms with Crippen LogP contribution in [0, 0.1) is 0 Å². The molecule has 0 fully saturated rings. The molecule has 0 aliphatic rings. The lowest BCUT2D eigenvalue weighted by Crippen LogP contribution is -2.14. The fourth-order valence-electron chi connectivity index (χ4n) is 1.33. The molecule has 1 heterocycles. The molecule has 0 spiro atoms. The van der Waals surface area contributed by atoms with Gasteiger partial charge in [0, 0.05) is 0 Å². The summed E-state index contributed by atoms with van der Waals surface area (Å²) in [5.74, 6) is 1.95. The number of thioether (sulfide) groups is 1. The number of aliphatic hydroxyl groups is 1. The van der Waals surface area contributed by atoms with Crippen LogP contribution in [0.5, 0.6) is 0 Å². The third-order valence-electron chi connectivity index (χ3n) is 2.10. The van der Waals surface area contributed by atoms with Gasteiger partial charge in [0.2, 0.25) is 5.89 Å². The Morgan fingerprint density at radius 2 is 2.29 bits per heavy atom. The van der Waals surface area contributed by atoms with E-state index >= 15 is 0 Å². The van der Waals surface area contributed by atoms with Gasteiger partial charge >= 0.3 is 0 Å². The van der Waals surface area contributed by atoms with E-state index < -0.39 is 6.10 Å². The fourth-order valence-corrected chi connectivity index (χ4v) is 1.70. The fraction of sp³-hybridized carbons (Fsp3) is 0.778. The summed E-state index contributed by atoms with van der Waals surface area (Å²) in [5.41, 5.74) is 0. The SMILES string of the molecule is CCC(c1nc(CSC)no1)C(C)O. The second kappa shape index (κ2) is 5.36. The highest BCUT2D eigenvalue weighted by Crippen LogP contribution is 2.22. The van der Waals surface area contributed by atoms with Crippen LogP contribution in [0.3, 0.4) is 0 Å². The Hall–Kier alpha value is -0.550. The van der Waals surface area contributed by atoms with E-state index in [0.29, 0.717) is 11.7 Å². The molecule has 2 atom stereocenters. The second-order valence-corrected chi connectivity index (χ2v) is 4.10. The first-order valence-electron chi connectivity index (χ1n) is 4.68. The van der Waals surface area contributed by atoms with E-state index in [2.05, 4.69) is 10.1 Å². The molecule has 0 aliphatic heterocycles. The van der Waals surface area contributed by atoms with E-state index in [1.807, 2.05) is 13.2 Å². The molecule has 14 heavy (non-hydrogen) atoms. The molecule has 0 amide bonds. The summed E-state index contributed by atoms with van der Waals surface area (Å²) >= 11 is 1.65. The monoisotopic (exact) mass is 216 g/mol. The number of hydrogen-bond acceptors (Lipinski definition) is 5. The van der Waals surface area contributed by atoms with E-state index in [-0.39, 0.29) is 5.92 Å². The first-order chi connectivity index (χ1) is 6.69. The predicted octanol–water partition coefficient (Wildman–Crippen LogP) is 1.81. The molecule has 0 saturated heterocycles. The van der Waals surface area contributed by atoms with E-state index in [1.54, 1.807) is 18.7 Å². The van der Waals surface area contributed by atoms with Gasteiger partial charge in [0.1, 0.15) is 0 Å². The highest BCUT2D eigenvalue weighted by atomic mass is 32.2. The van der Waals surface area contributed by atoms with Gasteiger partial charge in [-0.2, -0.15) is 16.7 Å².